The maximum atomic E-state index is 5.80. The molecule has 2 heterocycles. The van der Waals surface area contributed by atoms with E-state index in [9.17, 15) is 0 Å². The van der Waals surface area contributed by atoms with Gasteiger partial charge in [0.05, 0.1) is 32.1 Å². The topological polar surface area (TPSA) is 85.2 Å². The second-order valence-electron chi connectivity index (χ2n) is 5.40. The fourth-order valence-electron chi connectivity index (χ4n) is 2.59. The largest absolute Gasteiger partial charge is 0.493 e. The first-order valence-corrected chi connectivity index (χ1v) is 7.65. The van der Waals surface area contributed by atoms with Crippen LogP contribution in [-0.4, -0.2) is 29.4 Å². The number of aromatic nitrogens is 3. The summed E-state index contributed by atoms with van der Waals surface area (Å²) in [5, 5.41) is 11.1. The molecular formula is C18H16N4O3. The van der Waals surface area contributed by atoms with Crippen LogP contribution in [-0.2, 0) is 0 Å². The lowest BCUT2D eigenvalue weighted by Crippen LogP contribution is -1.90. The third kappa shape index (κ3) is 2.87. The zero-order chi connectivity index (χ0) is 17.2. The monoisotopic (exact) mass is 336 g/mol. The molecule has 7 nitrogen and oxygen atoms in total. The van der Waals surface area contributed by atoms with E-state index in [1.165, 1.54) is 0 Å². The Hall–Kier alpha value is -3.48. The first kappa shape index (κ1) is 15.1. The minimum absolute atomic E-state index is 0.406. The molecule has 0 aliphatic heterocycles. The van der Waals surface area contributed by atoms with Crippen molar-refractivity contribution in [3.63, 3.8) is 0 Å². The zero-order valence-corrected chi connectivity index (χ0v) is 13.7. The van der Waals surface area contributed by atoms with E-state index in [0.29, 0.717) is 23.3 Å². The average Bonchev–Trinajstić information content (AvgIpc) is 3.30. The lowest BCUT2D eigenvalue weighted by atomic mass is 10.1. The summed E-state index contributed by atoms with van der Waals surface area (Å²) >= 11 is 0. The number of methoxy groups -OCH3 is 2. The van der Waals surface area contributed by atoms with Gasteiger partial charge in [0.2, 0.25) is 0 Å². The highest BCUT2D eigenvalue weighted by Gasteiger charge is 2.11. The van der Waals surface area contributed by atoms with Crippen LogP contribution in [0, 0.1) is 0 Å². The molecule has 0 saturated carbocycles. The lowest BCUT2D eigenvalue weighted by molar-refractivity contribution is 0.355. The Labute approximate surface area is 143 Å². The molecule has 2 N–H and O–H groups in total. The second-order valence-corrected chi connectivity index (χ2v) is 5.40. The van der Waals surface area contributed by atoms with E-state index >= 15 is 0 Å². The van der Waals surface area contributed by atoms with Crippen molar-refractivity contribution in [2.45, 2.75) is 0 Å². The number of benzene rings is 2. The van der Waals surface area contributed by atoms with Crippen LogP contribution in [0.5, 0.6) is 11.5 Å². The van der Waals surface area contributed by atoms with E-state index in [1.54, 1.807) is 26.6 Å². The minimum atomic E-state index is 0.406. The molecular weight excluding hydrogens is 320 g/mol. The number of ether oxygens (including phenoxy) is 2. The van der Waals surface area contributed by atoms with Gasteiger partial charge in [0.15, 0.2) is 17.3 Å². The zero-order valence-electron chi connectivity index (χ0n) is 13.7. The predicted molar refractivity (Wildman–Crippen MR) is 94.4 cm³/mol. The number of fused-ring (bicyclic) bond motifs is 1. The number of hydrogen-bond acceptors (Lipinski definition) is 6. The van der Waals surface area contributed by atoms with Gasteiger partial charge in [-0.05, 0) is 36.4 Å². The van der Waals surface area contributed by atoms with Crippen LogP contribution in [0.3, 0.4) is 0 Å². The van der Waals surface area contributed by atoms with Crippen LogP contribution in [0.2, 0.25) is 0 Å². The van der Waals surface area contributed by atoms with Gasteiger partial charge in [-0.2, -0.15) is 5.10 Å². The standard InChI is InChI=1S/C18H16N4O3/c1-23-15-6-4-11(7-16(15)24-2)17-10-19-18(25-17)21-13-5-3-12-9-20-22-14(12)8-13/h3-10H,1-2H3,(H,19,21)(H,20,22). The predicted octanol–water partition coefficient (Wildman–Crippen LogP) is 3.98. The smallest absolute Gasteiger partial charge is 0.299 e. The molecule has 0 aliphatic rings. The average molecular weight is 336 g/mol. The van der Waals surface area contributed by atoms with Crippen LogP contribution < -0.4 is 14.8 Å². The Bertz CT molecular complexity index is 1020. The number of H-pyrrole nitrogens is 1. The van der Waals surface area contributed by atoms with Crippen molar-refractivity contribution in [2.75, 3.05) is 19.5 Å². The highest BCUT2D eigenvalue weighted by Crippen LogP contribution is 2.33. The lowest BCUT2D eigenvalue weighted by Gasteiger charge is -2.08. The maximum absolute atomic E-state index is 5.80. The van der Waals surface area contributed by atoms with Crippen LogP contribution in [0.15, 0.2) is 53.2 Å². The SMILES string of the molecule is COc1ccc(-c2cnc(Nc3ccc4cn[nH]c4c3)o2)cc1OC. The van der Waals surface area contributed by atoms with Gasteiger partial charge in [0.25, 0.3) is 6.01 Å². The summed E-state index contributed by atoms with van der Waals surface area (Å²) in [7, 11) is 3.20. The van der Waals surface area contributed by atoms with E-state index in [2.05, 4.69) is 20.5 Å². The second kappa shape index (κ2) is 6.20. The number of nitrogens with one attached hydrogen (secondary N) is 2. The number of rotatable bonds is 5. The summed E-state index contributed by atoms with van der Waals surface area (Å²) in [4.78, 5) is 4.28. The molecule has 0 amide bonds. The van der Waals surface area contributed by atoms with E-state index < -0.39 is 0 Å². The van der Waals surface area contributed by atoms with Gasteiger partial charge in [-0.25, -0.2) is 4.98 Å². The number of nitrogens with zero attached hydrogens (tertiary/aromatic N) is 2. The third-order valence-electron chi connectivity index (χ3n) is 3.87. The molecule has 0 fully saturated rings. The minimum Gasteiger partial charge on any atom is -0.493 e. The molecule has 2 aromatic heterocycles. The van der Waals surface area contributed by atoms with Crippen molar-refractivity contribution in [2.24, 2.45) is 0 Å². The first-order valence-electron chi connectivity index (χ1n) is 7.65. The summed E-state index contributed by atoms with van der Waals surface area (Å²) in [5.74, 6) is 1.93. The molecule has 0 unspecified atom stereocenters. The van der Waals surface area contributed by atoms with Crippen molar-refractivity contribution < 1.29 is 13.9 Å². The molecule has 0 bridgehead atoms. The van der Waals surface area contributed by atoms with Crippen molar-refractivity contribution in [3.8, 4) is 22.8 Å². The molecule has 0 spiro atoms. The number of aromatic amines is 1. The number of oxazole rings is 1. The summed E-state index contributed by atoms with van der Waals surface area (Å²) in [6, 6.07) is 11.8. The van der Waals surface area contributed by atoms with Gasteiger partial charge >= 0.3 is 0 Å². The third-order valence-corrected chi connectivity index (χ3v) is 3.87. The Balaban J connectivity index is 1.59. The number of anilines is 2. The molecule has 2 aromatic carbocycles. The summed E-state index contributed by atoms with van der Waals surface area (Å²) in [6.07, 6.45) is 3.44. The van der Waals surface area contributed by atoms with Gasteiger partial charge in [-0.1, -0.05) is 0 Å². The molecule has 7 heteroatoms. The van der Waals surface area contributed by atoms with E-state index in [1.807, 2.05) is 36.4 Å². The fourth-order valence-corrected chi connectivity index (χ4v) is 2.59. The Morgan fingerprint density at radius 1 is 1.00 bits per heavy atom. The normalized spacial score (nSPS) is 10.8. The Morgan fingerprint density at radius 2 is 1.88 bits per heavy atom. The van der Waals surface area contributed by atoms with E-state index in [0.717, 1.165) is 22.2 Å². The Morgan fingerprint density at radius 3 is 2.72 bits per heavy atom. The molecule has 4 aromatic rings. The van der Waals surface area contributed by atoms with Gasteiger partial charge in [-0.15, -0.1) is 0 Å². The van der Waals surface area contributed by atoms with Gasteiger partial charge < -0.3 is 19.2 Å². The highest BCUT2D eigenvalue weighted by molar-refractivity contribution is 5.82. The van der Waals surface area contributed by atoms with Crippen molar-refractivity contribution in [1.82, 2.24) is 15.2 Å². The first-order chi connectivity index (χ1) is 12.3. The summed E-state index contributed by atoms with van der Waals surface area (Å²) in [6.45, 7) is 0. The molecule has 25 heavy (non-hydrogen) atoms. The van der Waals surface area contributed by atoms with Crippen molar-refractivity contribution in [1.29, 1.82) is 0 Å². The number of hydrogen-bond donors (Lipinski definition) is 2. The fraction of sp³-hybridized carbons (Fsp3) is 0.111. The molecule has 4 rings (SSSR count). The summed E-state index contributed by atoms with van der Waals surface area (Å²) in [5.41, 5.74) is 2.65. The summed E-state index contributed by atoms with van der Waals surface area (Å²) < 4.78 is 16.4. The van der Waals surface area contributed by atoms with Gasteiger partial charge in [0, 0.05) is 16.6 Å². The molecule has 126 valence electrons. The van der Waals surface area contributed by atoms with E-state index in [4.69, 9.17) is 13.9 Å². The van der Waals surface area contributed by atoms with Crippen molar-refractivity contribution >= 4 is 22.6 Å². The Kier molecular flexibility index (Phi) is 3.74. The quantitative estimate of drug-likeness (QED) is 0.573. The van der Waals surface area contributed by atoms with E-state index in [-0.39, 0.29) is 0 Å². The van der Waals surface area contributed by atoms with Gasteiger partial charge in [-0.3, -0.25) is 5.10 Å². The van der Waals surface area contributed by atoms with Crippen molar-refractivity contribution in [3.05, 3.63) is 48.8 Å². The molecule has 0 aliphatic carbocycles. The maximum Gasteiger partial charge on any atom is 0.299 e. The van der Waals surface area contributed by atoms with Crippen LogP contribution in [0.25, 0.3) is 22.2 Å². The molecule has 0 atom stereocenters. The molecule has 0 saturated heterocycles. The molecule has 0 radical (unpaired) electrons. The van der Waals surface area contributed by atoms with Crippen LogP contribution in [0.4, 0.5) is 11.7 Å². The van der Waals surface area contributed by atoms with Crippen LogP contribution in [0.1, 0.15) is 0 Å². The van der Waals surface area contributed by atoms with Crippen LogP contribution >= 0.6 is 0 Å². The highest BCUT2D eigenvalue weighted by atomic mass is 16.5. The van der Waals surface area contributed by atoms with Gasteiger partial charge in [0.1, 0.15) is 0 Å².